The van der Waals surface area contributed by atoms with Crippen LogP contribution in [0.2, 0.25) is 0 Å². The second-order valence-corrected chi connectivity index (χ2v) is 7.00. The van der Waals surface area contributed by atoms with Gasteiger partial charge in [0.05, 0.1) is 0 Å². The van der Waals surface area contributed by atoms with Crippen LogP contribution in [0.3, 0.4) is 0 Å². The molecule has 1 unspecified atom stereocenters. The summed E-state index contributed by atoms with van der Waals surface area (Å²) in [6.07, 6.45) is 1.28. The van der Waals surface area contributed by atoms with Crippen LogP contribution in [0.5, 0.6) is 0 Å². The largest absolute Gasteiger partial charge is 0.339 e. The van der Waals surface area contributed by atoms with Gasteiger partial charge in [0.15, 0.2) is 5.82 Å². The molecule has 0 bridgehead atoms. The lowest BCUT2D eigenvalue weighted by atomic mass is 9.85. The van der Waals surface area contributed by atoms with Crippen molar-refractivity contribution in [3.8, 4) is 0 Å². The van der Waals surface area contributed by atoms with Crippen molar-refractivity contribution >= 4 is 15.9 Å². The van der Waals surface area contributed by atoms with Gasteiger partial charge < -0.3 is 10.3 Å². The molecule has 2 N–H and O–H groups in total. The van der Waals surface area contributed by atoms with Crippen LogP contribution < -0.4 is 5.73 Å². The third-order valence-corrected chi connectivity index (χ3v) is 3.82. The Balaban J connectivity index is 2.00. The van der Waals surface area contributed by atoms with Crippen LogP contribution in [-0.2, 0) is 12.8 Å². The van der Waals surface area contributed by atoms with E-state index in [9.17, 15) is 0 Å². The van der Waals surface area contributed by atoms with E-state index in [1.54, 1.807) is 0 Å². The highest BCUT2D eigenvalue weighted by Crippen LogP contribution is 2.20. The zero-order valence-corrected chi connectivity index (χ0v) is 13.6. The molecule has 0 saturated heterocycles. The molecule has 0 aliphatic rings. The average molecular weight is 338 g/mol. The van der Waals surface area contributed by atoms with Crippen molar-refractivity contribution in [1.82, 2.24) is 10.1 Å². The number of hydrogen-bond donors (Lipinski definition) is 1. The third kappa shape index (κ3) is 4.15. The molecular formula is C15H20BrN3O. The predicted octanol–water partition coefficient (Wildman–Crippen LogP) is 3.34. The standard InChI is InChI=1S/C15H20BrN3O/c1-15(2,3)12(17)9-14-18-13(19-20-14)8-10-4-6-11(16)7-5-10/h4-7,12H,8-9,17H2,1-3H3. The van der Waals surface area contributed by atoms with Crippen molar-refractivity contribution in [2.45, 2.75) is 39.7 Å². The number of halogens is 1. The molecule has 0 spiro atoms. The normalized spacial score (nSPS) is 13.4. The first-order chi connectivity index (χ1) is 9.34. The molecule has 108 valence electrons. The Kier molecular flexibility index (Phi) is 4.60. The van der Waals surface area contributed by atoms with Gasteiger partial charge in [-0.15, -0.1) is 0 Å². The Morgan fingerprint density at radius 1 is 1.25 bits per heavy atom. The van der Waals surface area contributed by atoms with Crippen molar-refractivity contribution in [3.05, 3.63) is 46.0 Å². The maximum atomic E-state index is 6.13. The van der Waals surface area contributed by atoms with Crippen LogP contribution in [0, 0.1) is 5.41 Å². The van der Waals surface area contributed by atoms with E-state index >= 15 is 0 Å². The average Bonchev–Trinajstić information content (AvgIpc) is 2.78. The lowest BCUT2D eigenvalue weighted by Gasteiger charge is -2.25. The second kappa shape index (κ2) is 6.06. The van der Waals surface area contributed by atoms with Crippen molar-refractivity contribution in [2.24, 2.45) is 11.1 Å². The van der Waals surface area contributed by atoms with Crippen molar-refractivity contribution in [3.63, 3.8) is 0 Å². The Morgan fingerprint density at radius 3 is 2.50 bits per heavy atom. The van der Waals surface area contributed by atoms with Crippen LogP contribution in [-0.4, -0.2) is 16.2 Å². The zero-order chi connectivity index (χ0) is 14.8. The zero-order valence-electron chi connectivity index (χ0n) is 12.1. The van der Waals surface area contributed by atoms with E-state index in [0.29, 0.717) is 24.6 Å². The van der Waals surface area contributed by atoms with Gasteiger partial charge in [-0.1, -0.05) is 54.0 Å². The summed E-state index contributed by atoms with van der Waals surface area (Å²) >= 11 is 3.42. The van der Waals surface area contributed by atoms with E-state index in [1.807, 2.05) is 24.3 Å². The Labute approximate surface area is 127 Å². The molecule has 1 atom stereocenters. The number of rotatable bonds is 4. The first kappa shape index (κ1) is 15.2. The fourth-order valence-corrected chi connectivity index (χ4v) is 1.99. The molecule has 1 aromatic heterocycles. The topological polar surface area (TPSA) is 64.9 Å². The number of benzene rings is 1. The molecule has 4 nitrogen and oxygen atoms in total. The van der Waals surface area contributed by atoms with E-state index in [4.69, 9.17) is 10.3 Å². The van der Waals surface area contributed by atoms with Gasteiger partial charge in [-0.25, -0.2) is 0 Å². The summed E-state index contributed by atoms with van der Waals surface area (Å²) in [7, 11) is 0. The van der Waals surface area contributed by atoms with Gasteiger partial charge in [-0.05, 0) is 23.1 Å². The lowest BCUT2D eigenvalue weighted by molar-refractivity contribution is 0.285. The predicted molar refractivity (Wildman–Crippen MR) is 82.4 cm³/mol. The van der Waals surface area contributed by atoms with Crippen LogP contribution in [0.15, 0.2) is 33.3 Å². The first-order valence-corrected chi connectivity index (χ1v) is 7.45. The second-order valence-electron chi connectivity index (χ2n) is 6.08. The van der Waals surface area contributed by atoms with Gasteiger partial charge >= 0.3 is 0 Å². The maximum Gasteiger partial charge on any atom is 0.228 e. The SMILES string of the molecule is CC(C)(C)C(N)Cc1nc(Cc2ccc(Br)cc2)no1. The summed E-state index contributed by atoms with van der Waals surface area (Å²) in [4.78, 5) is 4.41. The van der Waals surface area contributed by atoms with Gasteiger partial charge in [0.2, 0.25) is 5.89 Å². The molecule has 2 rings (SSSR count). The number of aromatic nitrogens is 2. The van der Waals surface area contributed by atoms with Crippen molar-refractivity contribution in [2.75, 3.05) is 0 Å². The third-order valence-electron chi connectivity index (χ3n) is 3.29. The molecular weight excluding hydrogens is 318 g/mol. The number of nitrogens with zero attached hydrogens (tertiary/aromatic N) is 2. The van der Waals surface area contributed by atoms with Gasteiger partial charge in [0, 0.05) is 23.4 Å². The quantitative estimate of drug-likeness (QED) is 0.929. The summed E-state index contributed by atoms with van der Waals surface area (Å²) < 4.78 is 6.34. The summed E-state index contributed by atoms with van der Waals surface area (Å²) in [5, 5.41) is 4.02. The minimum absolute atomic E-state index is 0.00322. The highest BCUT2D eigenvalue weighted by molar-refractivity contribution is 9.10. The summed E-state index contributed by atoms with van der Waals surface area (Å²) in [6.45, 7) is 6.32. The number of hydrogen-bond acceptors (Lipinski definition) is 4. The van der Waals surface area contributed by atoms with E-state index in [1.165, 1.54) is 0 Å². The van der Waals surface area contributed by atoms with E-state index in [0.717, 1.165) is 10.0 Å². The molecule has 0 aliphatic heterocycles. The Hall–Kier alpha value is -1.20. The van der Waals surface area contributed by atoms with Gasteiger partial charge in [-0.2, -0.15) is 4.98 Å². The Bertz CT molecular complexity index is 557. The molecule has 0 radical (unpaired) electrons. The van der Waals surface area contributed by atoms with Crippen molar-refractivity contribution in [1.29, 1.82) is 0 Å². The molecule has 1 heterocycles. The summed E-state index contributed by atoms with van der Waals surface area (Å²) in [5.74, 6) is 1.31. The van der Waals surface area contributed by atoms with Crippen LogP contribution in [0.4, 0.5) is 0 Å². The fourth-order valence-electron chi connectivity index (χ4n) is 1.72. The minimum atomic E-state index is 0.00322. The first-order valence-electron chi connectivity index (χ1n) is 6.66. The molecule has 0 fully saturated rings. The van der Waals surface area contributed by atoms with Gasteiger partial charge in [0.25, 0.3) is 0 Å². The van der Waals surface area contributed by atoms with E-state index in [-0.39, 0.29) is 11.5 Å². The summed E-state index contributed by atoms with van der Waals surface area (Å²) in [6, 6.07) is 8.10. The number of nitrogens with two attached hydrogens (primary N) is 1. The molecule has 0 saturated carbocycles. The monoisotopic (exact) mass is 337 g/mol. The fraction of sp³-hybridized carbons (Fsp3) is 0.467. The minimum Gasteiger partial charge on any atom is -0.339 e. The Morgan fingerprint density at radius 2 is 1.90 bits per heavy atom. The van der Waals surface area contributed by atoms with Crippen LogP contribution >= 0.6 is 15.9 Å². The highest BCUT2D eigenvalue weighted by atomic mass is 79.9. The molecule has 2 aromatic rings. The summed E-state index contributed by atoms with van der Waals surface area (Å²) in [5.41, 5.74) is 7.31. The van der Waals surface area contributed by atoms with Gasteiger partial charge in [-0.3, -0.25) is 0 Å². The van der Waals surface area contributed by atoms with Gasteiger partial charge in [0.1, 0.15) is 0 Å². The molecule has 5 heteroatoms. The highest BCUT2D eigenvalue weighted by Gasteiger charge is 2.23. The molecule has 1 aromatic carbocycles. The molecule has 0 amide bonds. The smallest absolute Gasteiger partial charge is 0.228 e. The molecule has 20 heavy (non-hydrogen) atoms. The molecule has 0 aliphatic carbocycles. The van der Waals surface area contributed by atoms with Crippen LogP contribution in [0.25, 0.3) is 0 Å². The maximum absolute atomic E-state index is 6.13. The van der Waals surface area contributed by atoms with Crippen LogP contribution in [0.1, 0.15) is 38.0 Å². The lowest BCUT2D eigenvalue weighted by Crippen LogP contribution is -2.37. The van der Waals surface area contributed by atoms with E-state index in [2.05, 4.69) is 46.8 Å². The van der Waals surface area contributed by atoms with Crippen molar-refractivity contribution < 1.29 is 4.52 Å². The van der Waals surface area contributed by atoms with E-state index < -0.39 is 0 Å².